The Morgan fingerprint density at radius 2 is 2.00 bits per heavy atom. The van der Waals surface area contributed by atoms with Crippen molar-refractivity contribution in [3.05, 3.63) is 0 Å². The Labute approximate surface area is 94.2 Å². The van der Waals surface area contributed by atoms with Crippen LogP contribution in [-0.4, -0.2) is 43.7 Å². The highest BCUT2D eigenvalue weighted by Gasteiger charge is 2.19. The SMILES string of the molecule is CC(CNS(=O)(=O)CBr)N1CCCC1. The maximum atomic E-state index is 11.1. The van der Waals surface area contributed by atoms with E-state index >= 15 is 0 Å². The van der Waals surface area contributed by atoms with Crippen LogP contribution in [0.4, 0.5) is 0 Å². The van der Waals surface area contributed by atoms with E-state index in [0.717, 1.165) is 13.1 Å². The van der Waals surface area contributed by atoms with Gasteiger partial charge in [-0.2, -0.15) is 0 Å². The first-order chi connectivity index (χ1) is 6.55. The molecular weight excluding hydrogens is 268 g/mol. The van der Waals surface area contributed by atoms with Gasteiger partial charge in [0.15, 0.2) is 0 Å². The van der Waals surface area contributed by atoms with E-state index in [4.69, 9.17) is 0 Å². The van der Waals surface area contributed by atoms with E-state index in [1.54, 1.807) is 0 Å². The Morgan fingerprint density at radius 3 is 2.50 bits per heavy atom. The van der Waals surface area contributed by atoms with Gasteiger partial charge in [-0.25, -0.2) is 13.1 Å². The van der Waals surface area contributed by atoms with Crippen LogP contribution in [0.2, 0.25) is 0 Å². The largest absolute Gasteiger partial charge is 0.299 e. The second-order valence-electron chi connectivity index (χ2n) is 3.66. The van der Waals surface area contributed by atoms with E-state index < -0.39 is 10.0 Å². The predicted octanol–water partition coefficient (Wildman–Crippen LogP) is 0.743. The first-order valence-electron chi connectivity index (χ1n) is 4.82. The van der Waals surface area contributed by atoms with E-state index in [1.165, 1.54) is 12.8 Å². The van der Waals surface area contributed by atoms with E-state index in [1.807, 2.05) is 0 Å². The molecule has 0 saturated carbocycles. The van der Waals surface area contributed by atoms with Crippen molar-refractivity contribution in [1.29, 1.82) is 0 Å². The van der Waals surface area contributed by atoms with E-state index in [9.17, 15) is 8.42 Å². The molecule has 0 aromatic carbocycles. The first-order valence-corrected chi connectivity index (χ1v) is 7.60. The van der Waals surface area contributed by atoms with Crippen LogP contribution in [0.5, 0.6) is 0 Å². The molecule has 84 valence electrons. The molecule has 4 nitrogen and oxygen atoms in total. The topological polar surface area (TPSA) is 49.4 Å². The normalized spacial score (nSPS) is 21.3. The third-order valence-electron chi connectivity index (χ3n) is 2.51. The molecule has 1 rings (SSSR count). The molecule has 1 unspecified atom stereocenters. The molecule has 1 heterocycles. The second kappa shape index (κ2) is 5.44. The van der Waals surface area contributed by atoms with Crippen LogP contribution in [0.3, 0.4) is 0 Å². The molecule has 6 heteroatoms. The summed E-state index contributed by atoms with van der Waals surface area (Å²) < 4.78 is 24.8. The fraction of sp³-hybridized carbons (Fsp3) is 1.00. The Hall–Kier alpha value is 0.350. The lowest BCUT2D eigenvalue weighted by atomic mass is 10.3. The van der Waals surface area contributed by atoms with Crippen LogP contribution in [0.25, 0.3) is 0 Å². The summed E-state index contributed by atoms with van der Waals surface area (Å²) in [4.78, 5) is 2.32. The highest BCUT2D eigenvalue weighted by atomic mass is 79.9. The van der Waals surface area contributed by atoms with E-state index in [-0.39, 0.29) is 4.66 Å². The average Bonchev–Trinajstić information content (AvgIpc) is 2.67. The number of nitrogens with one attached hydrogen (secondary N) is 1. The van der Waals surface area contributed by atoms with Crippen molar-refractivity contribution in [3.8, 4) is 0 Å². The predicted molar refractivity (Wildman–Crippen MR) is 61.0 cm³/mol. The van der Waals surface area contributed by atoms with Crippen molar-refractivity contribution < 1.29 is 8.42 Å². The molecule has 1 saturated heterocycles. The van der Waals surface area contributed by atoms with Crippen molar-refractivity contribution >= 4 is 26.0 Å². The molecule has 0 aliphatic carbocycles. The fourth-order valence-electron chi connectivity index (χ4n) is 1.60. The summed E-state index contributed by atoms with van der Waals surface area (Å²) in [6.07, 6.45) is 2.46. The molecule has 1 atom stereocenters. The van der Waals surface area contributed by atoms with Crippen LogP contribution in [-0.2, 0) is 10.0 Å². The molecule has 14 heavy (non-hydrogen) atoms. The van der Waals surface area contributed by atoms with E-state index in [2.05, 4.69) is 32.5 Å². The monoisotopic (exact) mass is 284 g/mol. The zero-order valence-corrected chi connectivity index (χ0v) is 10.8. The second-order valence-corrected chi connectivity index (χ2v) is 6.77. The fourth-order valence-corrected chi connectivity index (χ4v) is 2.66. The van der Waals surface area contributed by atoms with Gasteiger partial charge in [-0.05, 0) is 32.9 Å². The summed E-state index contributed by atoms with van der Waals surface area (Å²) in [5, 5.41) is 0. The molecule has 0 aromatic heterocycles. The highest BCUT2D eigenvalue weighted by Crippen LogP contribution is 2.10. The number of likely N-dealkylation sites (tertiary alicyclic amines) is 1. The van der Waals surface area contributed by atoms with Gasteiger partial charge in [0.2, 0.25) is 10.0 Å². The maximum Gasteiger partial charge on any atom is 0.221 e. The molecule has 1 aliphatic heterocycles. The average molecular weight is 285 g/mol. The lowest BCUT2D eigenvalue weighted by Gasteiger charge is -2.23. The van der Waals surface area contributed by atoms with Gasteiger partial charge in [0.05, 0.1) is 0 Å². The third kappa shape index (κ3) is 3.84. The summed E-state index contributed by atoms with van der Waals surface area (Å²) in [7, 11) is -3.10. The minimum atomic E-state index is -3.10. The van der Waals surface area contributed by atoms with Crippen LogP contribution in [0.1, 0.15) is 19.8 Å². The number of nitrogens with zero attached hydrogens (tertiary/aromatic N) is 1. The smallest absolute Gasteiger partial charge is 0.221 e. The molecule has 0 radical (unpaired) electrons. The number of sulfonamides is 1. The van der Waals surface area contributed by atoms with Crippen LogP contribution >= 0.6 is 15.9 Å². The van der Waals surface area contributed by atoms with Crippen LogP contribution in [0.15, 0.2) is 0 Å². The zero-order valence-electron chi connectivity index (χ0n) is 8.37. The third-order valence-corrected chi connectivity index (χ3v) is 5.21. The van der Waals surface area contributed by atoms with Crippen molar-refractivity contribution in [3.63, 3.8) is 0 Å². The van der Waals surface area contributed by atoms with Crippen molar-refractivity contribution in [2.24, 2.45) is 0 Å². The zero-order chi connectivity index (χ0) is 10.6. The van der Waals surface area contributed by atoms with Gasteiger partial charge in [0.25, 0.3) is 0 Å². The number of hydrogen-bond donors (Lipinski definition) is 1. The minimum absolute atomic E-state index is 0.0211. The van der Waals surface area contributed by atoms with Crippen LogP contribution in [0, 0.1) is 0 Å². The van der Waals surface area contributed by atoms with E-state index in [0.29, 0.717) is 12.6 Å². The number of rotatable bonds is 5. The lowest BCUT2D eigenvalue weighted by molar-refractivity contribution is 0.260. The summed E-state index contributed by atoms with van der Waals surface area (Å²) in [5.41, 5.74) is 0. The Bertz CT molecular complexity index is 263. The summed E-state index contributed by atoms with van der Waals surface area (Å²) >= 11 is 2.94. The molecule has 0 spiro atoms. The molecular formula is C8H17BrN2O2S. The van der Waals surface area contributed by atoms with Crippen molar-refractivity contribution in [2.45, 2.75) is 25.8 Å². The summed E-state index contributed by atoms with van der Waals surface area (Å²) in [6, 6.07) is 0.298. The molecule has 0 bridgehead atoms. The van der Waals surface area contributed by atoms with Crippen molar-refractivity contribution in [1.82, 2.24) is 9.62 Å². The minimum Gasteiger partial charge on any atom is -0.299 e. The van der Waals surface area contributed by atoms with Gasteiger partial charge in [0, 0.05) is 12.6 Å². The lowest BCUT2D eigenvalue weighted by Crippen LogP contribution is -2.40. The van der Waals surface area contributed by atoms with Gasteiger partial charge in [0.1, 0.15) is 4.66 Å². The molecule has 0 amide bonds. The molecule has 0 aromatic rings. The highest BCUT2D eigenvalue weighted by molar-refractivity contribution is 9.10. The Kier molecular flexibility index (Phi) is 4.82. The van der Waals surface area contributed by atoms with Gasteiger partial charge >= 0.3 is 0 Å². The maximum absolute atomic E-state index is 11.1. The number of hydrogen-bond acceptors (Lipinski definition) is 3. The summed E-state index contributed by atoms with van der Waals surface area (Å²) in [5.74, 6) is 0. The Balaban J connectivity index is 2.30. The first kappa shape index (κ1) is 12.4. The van der Waals surface area contributed by atoms with Crippen LogP contribution < -0.4 is 4.72 Å². The van der Waals surface area contributed by atoms with Gasteiger partial charge < -0.3 is 0 Å². The van der Waals surface area contributed by atoms with Gasteiger partial charge in [-0.1, -0.05) is 15.9 Å². The number of halogens is 1. The molecule has 1 aliphatic rings. The molecule has 1 N–H and O–H groups in total. The van der Waals surface area contributed by atoms with Gasteiger partial charge in [-0.15, -0.1) is 0 Å². The standard InChI is InChI=1S/C8H17BrN2O2S/c1-8(11-4-2-3-5-11)6-10-14(12,13)7-9/h8,10H,2-7H2,1H3. The quantitative estimate of drug-likeness (QED) is 0.758. The van der Waals surface area contributed by atoms with Gasteiger partial charge in [-0.3, -0.25) is 4.90 Å². The van der Waals surface area contributed by atoms with Crippen molar-refractivity contribution in [2.75, 3.05) is 24.3 Å². The Morgan fingerprint density at radius 1 is 1.43 bits per heavy atom. The summed E-state index contributed by atoms with van der Waals surface area (Å²) in [6.45, 7) is 4.75. The molecule has 1 fully saturated rings. The number of alkyl halides is 1.